The molecular formula is C6H13NO3. The molecule has 10 heavy (non-hydrogen) atoms. The second kappa shape index (κ2) is 3.30. The molecular weight excluding hydrogens is 134 g/mol. The smallest absolute Gasteiger partial charge is 0.181 e. The summed E-state index contributed by atoms with van der Waals surface area (Å²) in [6, 6.07) is -0.0489. The molecule has 0 aromatic rings. The quantitative estimate of drug-likeness (QED) is 0.436. The zero-order valence-corrected chi connectivity index (χ0v) is 5.73. The first-order chi connectivity index (χ1) is 4.74. The predicted molar refractivity (Wildman–Crippen MR) is 35.2 cm³/mol. The zero-order chi connectivity index (χ0) is 7.56. The van der Waals surface area contributed by atoms with E-state index in [9.17, 15) is 0 Å². The molecule has 0 amide bonds. The number of aliphatic hydroxyl groups is 2. The molecule has 1 aliphatic rings. The maximum atomic E-state index is 8.70. The Kier molecular flexibility index (Phi) is 2.62. The van der Waals surface area contributed by atoms with Crippen molar-refractivity contribution in [3.05, 3.63) is 0 Å². The fourth-order valence-corrected chi connectivity index (χ4v) is 0.888. The Morgan fingerprint density at radius 1 is 1.60 bits per heavy atom. The maximum absolute atomic E-state index is 8.70. The van der Waals surface area contributed by atoms with Crippen LogP contribution >= 0.6 is 0 Å². The normalized spacial score (nSPS) is 33.9. The molecule has 0 aromatic carbocycles. The van der Waals surface area contributed by atoms with Crippen LogP contribution in [0.3, 0.4) is 0 Å². The van der Waals surface area contributed by atoms with Gasteiger partial charge in [0.1, 0.15) is 6.10 Å². The summed E-state index contributed by atoms with van der Waals surface area (Å²) >= 11 is 0. The second-order valence-electron chi connectivity index (χ2n) is 2.57. The molecule has 0 aliphatic carbocycles. The molecule has 4 heteroatoms. The number of hydrogen-bond acceptors (Lipinski definition) is 4. The van der Waals surface area contributed by atoms with Gasteiger partial charge >= 0.3 is 0 Å². The lowest BCUT2D eigenvalue weighted by Crippen LogP contribution is -2.23. The van der Waals surface area contributed by atoms with E-state index in [0.717, 1.165) is 0 Å². The Morgan fingerprint density at radius 3 is 2.60 bits per heavy atom. The van der Waals surface area contributed by atoms with E-state index in [2.05, 4.69) is 0 Å². The first-order valence-corrected chi connectivity index (χ1v) is 3.44. The van der Waals surface area contributed by atoms with Crippen molar-refractivity contribution in [1.29, 1.82) is 0 Å². The third-order valence-electron chi connectivity index (χ3n) is 1.59. The summed E-state index contributed by atoms with van der Waals surface area (Å²) in [5.74, 6) is 0. The van der Waals surface area contributed by atoms with Crippen LogP contribution in [0.15, 0.2) is 0 Å². The van der Waals surface area contributed by atoms with Crippen LogP contribution in [0, 0.1) is 0 Å². The fourth-order valence-electron chi connectivity index (χ4n) is 0.888. The van der Waals surface area contributed by atoms with Gasteiger partial charge in [-0.05, 0) is 12.8 Å². The average Bonchev–Trinajstić information content (AvgIpc) is 2.47. The summed E-state index contributed by atoms with van der Waals surface area (Å²) < 4.78 is 4.73. The van der Waals surface area contributed by atoms with E-state index in [1.165, 1.54) is 0 Å². The van der Waals surface area contributed by atoms with Gasteiger partial charge in [0, 0.05) is 12.6 Å². The van der Waals surface area contributed by atoms with Gasteiger partial charge in [-0.3, -0.25) is 0 Å². The molecule has 4 N–H and O–H groups in total. The van der Waals surface area contributed by atoms with Crippen molar-refractivity contribution in [3.8, 4) is 0 Å². The van der Waals surface area contributed by atoms with Crippen LogP contribution in [-0.4, -0.2) is 35.3 Å². The van der Waals surface area contributed by atoms with Gasteiger partial charge in [0.05, 0.1) is 0 Å². The minimum Gasteiger partial charge on any atom is -0.396 e. The minimum absolute atomic E-state index is 0.0489. The Morgan fingerprint density at radius 2 is 2.20 bits per heavy atom. The summed E-state index contributed by atoms with van der Waals surface area (Å²) in [6.07, 6.45) is 0.528. The molecule has 60 valence electrons. The van der Waals surface area contributed by atoms with Gasteiger partial charge in [-0.15, -0.1) is 0 Å². The van der Waals surface area contributed by atoms with Gasteiger partial charge in [-0.25, -0.2) is 0 Å². The van der Waals surface area contributed by atoms with E-state index in [0.29, 0.717) is 12.8 Å². The summed E-state index contributed by atoms with van der Waals surface area (Å²) in [6.45, 7) is 0.101. The van der Waals surface area contributed by atoms with Crippen LogP contribution in [0.1, 0.15) is 12.8 Å². The van der Waals surface area contributed by atoms with E-state index in [1.54, 1.807) is 0 Å². The predicted octanol–water partition coefficient (Wildman–Crippen LogP) is -1.20. The highest BCUT2D eigenvalue weighted by atomic mass is 16.7. The van der Waals surface area contributed by atoms with Gasteiger partial charge in [0.15, 0.2) is 6.29 Å². The Labute approximate surface area is 59.6 Å². The van der Waals surface area contributed by atoms with Crippen molar-refractivity contribution in [1.82, 2.24) is 0 Å². The lowest BCUT2D eigenvalue weighted by Gasteiger charge is -2.05. The Balaban J connectivity index is 2.01. The number of nitrogens with two attached hydrogens (primary N) is 1. The molecule has 1 rings (SSSR count). The van der Waals surface area contributed by atoms with Crippen molar-refractivity contribution >= 4 is 0 Å². The van der Waals surface area contributed by atoms with Gasteiger partial charge in [0.25, 0.3) is 0 Å². The van der Waals surface area contributed by atoms with Crippen molar-refractivity contribution in [2.24, 2.45) is 5.73 Å². The standard InChI is InChI=1S/C6H13NO3/c7-4(1-2-8)3-5-6(9)10-5/h4-6,8-9H,1-3,7H2. The molecule has 0 saturated carbocycles. The number of epoxide rings is 1. The van der Waals surface area contributed by atoms with Gasteiger partial charge in [0.2, 0.25) is 0 Å². The van der Waals surface area contributed by atoms with Gasteiger partial charge < -0.3 is 20.7 Å². The summed E-state index contributed by atoms with van der Waals surface area (Å²) in [7, 11) is 0. The molecule has 0 spiro atoms. The summed E-state index contributed by atoms with van der Waals surface area (Å²) in [4.78, 5) is 0. The van der Waals surface area contributed by atoms with Crippen LogP contribution < -0.4 is 5.73 Å². The third kappa shape index (κ3) is 2.22. The molecule has 1 saturated heterocycles. The van der Waals surface area contributed by atoms with E-state index in [4.69, 9.17) is 20.7 Å². The Bertz CT molecular complexity index is 109. The lowest BCUT2D eigenvalue weighted by atomic mass is 10.1. The van der Waals surface area contributed by atoms with Crippen molar-refractivity contribution in [2.75, 3.05) is 6.61 Å². The number of ether oxygens (including phenoxy) is 1. The topological polar surface area (TPSA) is 79.0 Å². The molecule has 3 unspecified atom stereocenters. The van der Waals surface area contributed by atoms with E-state index in [1.807, 2.05) is 0 Å². The van der Waals surface area contributed by atoms with Crippen LogP contribution in [0.5, 0.6) is 0 Å². The van der Waals surface area contributed by atoms with Crippen molar-refractivity contribution in [2.45, 2.75) is 31.3 Å². The molecule has 0 aromatic heterocycles. The maximum Gasteiger partial charge on any atom is 0.181 e. The number of rotatable bonds is 4. The molecule has 1 fully saturated rings. The number of aliphatic hydroxyl groups excluding tert-OH is 2. The average molecular weight is 147 g/mol. The minimum atomic E-state index is -0.607. The molecule has 1 aliphatic heterocycles. The second-order valence-corrected chi connectivity index (χ2v) is 2.57. The van der Waals surface area contributed by atoms with Crippen LogP contribution in [0.2, 0.25) is 0 Å². The fraction of sp³-hybridized carbons (Fsp3) is 1.00. The first-order valence-electron chi connectivity index (χ1n) is 3.44. The van der Waals surface area contributed by atoms with Gasteiger partial charge in [-0.2, -0.15) is 0 Å². The highest BCUT2D eigenvalue weighted by Gasteiger charge is 2.37. The number of hydrogen-bond donors (Lipinski definition) is 3. The van der Waals surface area contributed by atoms with E-state index >= 15 is 0 Å². The highest BCUT2D eigenvalue weighted by Crippen LogP contribution is 2.23. The van der Waals surface area contributed by atoms with Crippen LogP contribution in [-0.2, 0) is 4.74 Å². The van der Waals surface area contributed by atoms with Gasteiger partial charge in [-0.1, -0.05) is 0 Å². The molecule has 4 nitrogen and oxygen atoms in total. The first kappa shape index (κ1) is 7.94. The largest absolute Gasteiger partial charge is 0.396 e. The van der Waals surface area contributed by atoms with Crippen molar-refractivity contribution in [3.63, 3.8) is 0 Å². The highest BCUT2D eigenvalue weighted by molar-refractivity contribution is 4.79. The summed E-state index contributed by atoms with van der Waals surface area (Å²) in [5.41, 5.74) is 5.54. The molecule has 1 heterocycles. The summed E-state index contributed by atoms with van der Waals surface area (Å²) in [5, 5.41) is 17.2. The van der Waals surface area contributed by atoms with Crippen LogP contribution in [0.25, 0.3) is 0 Å². The molecule has 3 atom stereocenters. The van der Waals surface area contributed by atoms with Crippen LogP contribution in [0.4, 0.5) is 0 Å². The van der Waals surface area contributed by atoms with E-state index in [-0.39, 0.29) is 18.8 Å². The monoisotopic (exact) mass is 147 g/mol. The SMILES string of the molecule is NC(CCO)CC1OC1O. The third-order valence-corrected chi connectivity index (χ3v) is 1.59. The lowest BCUT2D eigenvalue weighted by molar-refractivity contribution is 0.156. The zero-order valence-electron chi connectivity index (χ0n) is 5.73. The molecule has 0 radical (unpaired) electrons. The van der Waals surface area contributed by atoms with Crippen molar-refractivity contribution < 1.29 is 14.9 Å². The molecule has 0 bridgehead atoms. The van der Waals surface area contributed by atoms with E-state index < -0.39 is 6.29 Å². The Hall–Kier alpha value is -0.160.